The van der Waals surface area contributed by atoms with Gasteiger partial charge in [0.15, 0.2) is 0 Å². The predicted octanol–water partition coefficient (Wildman–Crippen LogP) is 1.10. The van der Waals surface area contributed by atoms with E-state index < -0.39 is 0 Å². The van der Waals surface area contributed by atoms with Crippen LogP contribution in [0.5, 0.6) is 0 Å². The van der Waals surface area contributed by atoms with Gasteiger partial charge >= 0.3 is 7.52 Å². The number of nitrogens with zero attached hydrogens (tertiary/aromatic N) is 1. The molecule has 1 amide bonds. The summed E-state index contributed by atoms with van der Waals surface area (Å²) in [5, 5.41) is 2.81. The number of rotatable bonds is 4. The number of hydrogen-bond donors (Lipinski definition) is 1. The molecule has 0 atom stereocenters. The molecule has 0 unspecified atom stereocenters. The normalized spacial score (nSPS) is 22.6. The molecule has 17 heavy (non-hydrogen) atoms. The molecule has 5 heteroatoms. The van der Waals surface area contributed by atoms with Gasteiger partial charge in [-0.2, -0.15) is 0 Å². The number of alkyl carbamates (subject to hydrolysis) is 1. The standard InChI is InChI=1S/C12H22N2O3/c15-12(17-11-3-1-2-4-11)13-5-6-14-7-9-16-10-8-14/h11H,1-10H2,(H,13,15)/p+1. The van der Waals surface area contributed by atoms with E-state index in [9.17, 15) is 4.79 Å². The molecule has 1 heterocycles. The van der Waals surface area contributed by atoms with Crippen molar-refractivity contribution in [3.05, 3.63) is 0 Å². The maximum absolute atomic E-state index is 11.5. The summed E-state index contributed by atoms with van der Waals surface area (Å²) < 4.78 is 10.6. The van der Waals surface area contributed by atoms with Crippen LogP contribution in [-0.2, 0) is 9.47 Å². The molecular formula is C12H23N2O3+. The molecule has 1 saturated carbocycles. The van der Waals surface area contributed by atoms with Crippen LogP contribution in [-0.4, -0.2) is 56.5 Å². The van der Waals surface area contributed by atoms with Gasteiger partial charge in [-0.3, -0.25) is 4.90 Å². The Hall–Kier alpha value is -0.810. The first-order valence-corrected chi connectivity index (χ1v) is 6.59. The van der Waals surface area contributed by atoms with Gasteiger partial charge in [-0.05, 0) is 25.7 Å². The third-order valence-corrected chi connectivity index (χ3v) is 3.38. The average Bonchev–Trinajstić information content (AvgIpc) is 2.83. The van der Waals surface area contributed by atoms with E-state index in [1.165, 1.54) is 12.8 Å². The van der Waals surface area contributed by atoms with Crippen molar-refractivity contribution >= 4 is 6.09 Å². The average molecular weight is 243 g/mol. The van der Waals surface area contributed by atoms with E-state index in [1.807, 2.05) is 0 Å². The largest absolute Gasteiger partial charge is 1.00 e. The van der Waals surface area contributed by atoms with Gasteiger partial charge in [-0.1, -0.05) is 0 Å². The first-order valence-electron chi connectivity index (χ1n) is 6.59. The highest BCUT2D eigenvalue weighted by Crippen LogP contribution is 2.20. The number of morpholine rings is 1. The Morgan fingerprint density at radius 2 is 2.06 bits per heavy atom. The van der Waals surface area contributed by atoms with Gasteiger partial charge in [-0.15, -0.1) is 0 Å². The van der Waals surface area contributed by atoms with Crippen molar-refractivity contribution in [2.45, 2.75) is 31.8 Å². The lowest BCUT2D eigenvalue weighted by Gasteiger charge is -2.26. The van der Waals surface area contributed by atoms with E-state index in [-0.39, 0.29) is 13.6 Å². The van der Waals surface area contributed by atoms with Crippen molar-refractivity contribution in [3.8, 4) is 0 Å². The quantitative estimate of drug-likeness (QED) is 0.803. The SMILES string of the molecule is O=C(NCCN1CCOCC1)OC1CCCC1.[H+]. The minimum absolute atomic E-state index is 0. The zero-order valence-corrected chi connectivity index (χ0v) is 10.3. The first kappa shape index (κ1) is 12.6. The topological polar surface area (TPSA) is 50.8 Å². The molecule has 2 aliphatic rings. The summed E-state index contributed by atoms with van der Waals surface area (Å²) in [6.07, 6.45) is 4.31. The highest BCUT2D eigenvalue weighted by atomic mass is 16.6. The van der Waals surface area contributed by atoms with E-state index in [0.717, 1.165) is 45.7 Å². The van der Waals surface area contributed by atoms with Crippen LogP contribution >= 0.6 is 0 Å². The van der Waals surface area contributed by atoms with Gasteiger partial charge in [0.2, 0.25) is 0 Å². The summed E-state index contributed by atoms with van der Waals surface area (Å²) in [6.45, 7) is 5.05. The molecule has 0 spiro atoms. The fraction of sp³-hybridized carbons (Fsp3) is 0.917. The third kappa shape index (κ3) is 4.52. The lowest BCUT2D eigenvalue weighted by Crippen LogP contribution is -2.41. The van der Waals surface area contributed by atoms with Gasteiger partial charge in [0.25, 0.3) is 0 Å². The number of hydrogen-bond acceptors (Lipinski definition) is 4. The molecule has 1 N–H and O–H groups in total. The maximum atomic E-state index is 11.5. The predicted molar refractivity (Wildman–Crippen MR) is 65.1 cm³/mol. The fourth-order valence-electron chi connectivity index (χ4n) is 2.34. The van der Waals surface area contributed by atoms with Crippen molar-refractivity contribution in [2.75, 3.05) is 39.4 Å². The van der Waals surface area contributed by atoms with Gasteiger partial charge in [0.05, 0.1) is 13.2 Å². The van der Waals surface area contributed by atoms with E-state index in [4.69, 9.17) is 9.47 Å². The second-order valence-corrected chi connectivity index (χ2v) is 4.69. The van der Waals surface area contributed by atoms with Crippen LogP contribution < -0.4 is 5.32 Å². The zero-order valence-electron chi connectivity index (χ0n) is 11.3. The number of carbonyl (C=O) groups is 1. The molecule has 2 rings (SSSR count). The highest BCUT2D eigenvalue weighted by Gasteiger charge is 2.19. The van der Waals surface area contributed by atoms with E-state index in [2.05, 4.69) is 10.2 Å². The third-order valence-electron chi connectivity index (χ3n) is 3.38. The molecule has 98 valence electrons. The van der Waals surface area contributed by atoms with Crippen molar-refractivity contribution in [1.82, 2.24) is 10.2 Å². The Bertz CT molecular complexity index is 241. The lowest BCUT2D eigenvalue weighted by molar-refractivity contribution is 0.0378. The lowest BCUT2D eigenvalue weighted by atomic mass is 10.3. The van der Waals surface area contributed by atoms with Crippen molar-refractivity contribution < 1.29 is 15.7 Å². The Morgan fingerprint density at radius 3 is 2.76 bits per heavy atom. The summed E-state index contributed by atoms with van der Waals surface area (Å²) in [7, 11) is 0. The number of nitrogens with one attached hydrogen (secondary N) is 1. The molecule has 0 radical (unpaired) electrons. The molecule has 1 saturated heterocycles. The molecule has 2 fully saturated rings. The number of amides is 1. The Balaban J connectivity index is 0.00000162. The maximum Gasteiger partial charge on any atom is 1.00 e. The Labute approximate surface area is 104 Å². The zero-order chi connectivity index (χ0) is 11.9. The van der Waals surface area contributed by atoms with Gasteiger partial charge in [0, 0.05) is 26.2 Å². The van der Waals surface area contributed by atoms with Crippen LogP contribution in [0.1, 0.15) is 27.1 Å². The fourth-order valence-corrected chi connectivity index (χ4v) is 2.34. The molecule has 0 aromatic heterocycles. The Kier molecular flexibility index (Phi) is 5.07. The van der Waals surface area contributed by atoms with Gasteiger partial charge in [0.1, 0.15) is 6.10 Å². The summed E-state index contributed by atoms with van der Waals surface area (Å²) in [5.74, 6) is 0. The molecule has 1 aliphatic heterocycles. The minimum atomic E-state index is -0.259. The van der Waals surface area contributed by atoms with E-state index in [1.54, 1.807) is 0 Å². The van der Waals surface area contributed by atoms with E-state index in [0.29, 0.717) is 6.54 Å². The van der Waals surface area contributed by atoms with Crippen LogP contribution in [0.2, 0.25) is 0 Å². The molecular weight excluding hydrogens is 220 g/mol. The summed E-state index contributed by atoms with van der Waals surface area (Å²) in [4.78, 5) is 13.8. The highest BCUT2D eigenvalue weighted by molar-refractivity contribution is 5.67. The molecule has 5 nitrogen and oxygen atoms in total. The molecule has 1 aliphatic carbocycles. The van der Waals surface area contributed by atoms with Crippen LogP contribution in [0, 0.1) is 0 Å². The minimum Gasteiger partial charge on any atom is -0.446 e. The van der Waals surface area contributed by atoms with Crippen molar-refractivity contribution in [3.63, 3.8) is 0 Å². The molecule has 0 bridgehead atoms. The second kappa shape index (κ2) is 6.81. The van der Waals surface area contributed by atoms with Crippen LogP contribution in [0.4, 0.5) is 4.79 Å². The summed E-state index contributed by atoms with van der Waals surface area (Å²) in [5.41, 5.74) is 0. The summed E-state index contributed by atoms with van der Waals surface area (Å²) in [6, 6.07) is 0. The van der Waals surface area contributed by atoms with Crippen LogP contribution in [0.25, 0.3) is 0 Å². The van der Waals surface area contributed by atoms with E-state index >= 15 is 0 Å². The van der Waals surface area contributed by atoms with Crippen molar-refractivity contribution in [2.24, 2.45) is 0 Å². The molecule has 0 aromatic rings. The van der Waals surface area contributed by atoms with Crippen molar-refractivity contribution in [1.29, 1.82) is 0 Å². The summed E-state index contributed by atoms with van der Waals surface area (Å²) >= 11 is 0. The van der Waals surface area contributed by atoms with Gasteiger partial charge in [-0.25, -0.2) is 4.79 Å². The Morgan fingerprint density at radius 1 is 1.35 bits per heavy atom. The van der Waals surface area contributed by atoms with Crippen LogP contribution in [0.15, 0.2) is 0 Å². The van der Waals surface area contributed by atoms with Gasteiger partial charge < -0.3 is 14.8 Å². The van der Waals surface area contributed by atoms with Crippen LogP contribution in [0.3, 0.4) is 0 Å². The number of carbonyl (C=O) groups excluding carboxylic acids is 1. The second-order valence-electron chi connectivity index (χ2n) is 4.69. The number of ether oxygens (including phenoxy) is 2. The molecule has 0 aromatic carbocycles. The smallest absolute Gasteiger partial charge is 0.446 e. The first-order chi connectivity index (χ1) is 8.34. The monoisotopic (exact) mass is 243 g/mol.